The first-order chi connectivity index (χ1) is 11.1. The second kappa shape index (κ2) is 10.9. The molecule has 0 aliphatic heterocycles. The molecule has 0 aliphatic carbocycles. The fourth-order valence-electron chi connectivity index (χ4n) is 2.08. The van der Waals surface area contributed by atoms with E-state index in [0.717, 1.165) is 5.56 Å². The van der Waals surface area contributed by atoms with Gasteiger partial charge >= 0.3 is 12.0 Å². The topological polar surface area (TPSA) is 89.9 Å². The van der Waals surface area contributed by atoms with Crippen molar-refractivity contribution >= 4 is 23.8 Å². The Bertz CT molecular complexity index is 484. The third-order valence-corrected chi connectivity index (χ3v) is 4.02. The van der Waals surface area contributed by atoms with Crippen molar-refractivity contribution in [1.29, 1.82) is 0 Å². The first-order valence-corrected chi connectivity index (χ1v) is 8.89. The Labute approximate surface area is 140 Å². The number of hydrogen-bond donors (Lipinski definition) is 3. The molecule has 0 radical (unpaired) electrons. The number of benzene rings is 1. The minimum Gasteiger partial charge on any atom is -0.480 e. The van der Waals surface area contributed by atoms with Crippen molar-refractivity contribution in [3.63, 3.8) is 0 Å². The van der Waals surface area contributed by atoms with Crippen molar-refractivity contribution in [3.8, 4) is 0 Å². The molecule has 1 unspecified atom stereocenters. The molecule has 2 amide bonds. The fraction of sp³-hybridized carbons (Fsp3) is 0.500. The zero-order chi connectivity index (χ0) is 17.1. The normalized spacial score (nSPS) is 11.7. The highest BCUT2D eigenvalue weighted by Gasteiger charge is 2.22. The molecule has 1 rings (SSSR count). The number of amides is 2. The van der Waals surface area contributed by atoms with Gasteiger partial charge in [0, 0.05) is 13.1 Å². The predicted molar refractivity (Wildman–Crippen MR) is 91.8 cm³/mol. The Morgan fingerprint density at radius 2 is 1.96 bits per heavy atom. The summed E-state index contributed by atoms with van der Waals surface area (Å²) in [6.07, 6.45) is 2.91. The highest BCUT2D eigenvalue weighted by molar-refractivity contribution is 7.98. The van der Waals surface area contributed by atoms with Crippen molar-refractivity contribution in [2.75, 3.05) is 31.7 Å². The maximum atomic E-state index is 12.3. The van der Waals surface area contributed by atoms with Crippen molar-refractivity contribution in [2.24, 2.45) is 0 Å². The summed E-state index contributed by atoms with van der Waals surface area (Å²) in [5, 5.41) is 20.8. The molecule has 128 valence electrons. The summed E-state index contributed by atoms with van der Waals surface area (Å²) in [6, 6.07) is 8.34. The van der Waals surface area contributed by atoms with Crippen LogP contribution < -0.4 is 5.32 Å². The summed E-state index contributed by atoms with van der Waals surface area (Å²) < 4.78 is 0. The fourth-order valence-corrected chi connectivity index (χ4v) is 2.55. The lowest BCUT2D eigenvalue weighted by molar-refractivity contribution is -0.139. The van der Waals surface area contributed by atoms with Crippen LogP contribution in [0.15, 0.2) is 30.3 Å². The van der Waals surface area contributed by atoms with E-state index >= 15 is 0 Å². The quantitative estimate of drug-likeness (QED) is 0.600. The summed E-state index contributed by atoms with van der Waals surface area (Å²) >= 11 is 1.53. The van der Waals surface area contributed by atoms with Gasteiger partial charge in [-0.1, -0.05) is 30.3 Å². The van der Waals surface area contributed by atoms with Crippen LogP contribution in [-0.4, -0.2) is 64.9 Å². The van der Waals surface area contributed by atoms with Crippen molar-refractivity contribution < 1.29 is 19.8 Å². The molecule has 0 fully saturated rings. The lowest BCUT2D eigenvalue weighted by atomic mass is 10.1. The molecular weight excluding hydrogens is 316 g/mol. The van der Waals surface area contributed by atoms with Crippen LogP contribution in [-0.2, 0) is 11.2 Å². The number of carboxylic acids is 1. The Hall–Kier alpha value is -1.73. The Kier molecular flexibility index (Phi) is 9.16. The number of aliphatic carboxylic acids is 1. The molecule has 7 heteroatoms. The van der Waals surface area contributed by atoms with Gasteiger partial charge in [-0.25, -0.2) is 9.59 Å². The molecule has 0 bridgehead atoms. The molecular formula is C16H24N2O4S. The van der Waals surface area contributed by atoms with Gasteiger partial charge in [0.25, 0.3) is 0 Å². The van der Waals surface area contributed by atoms with E-state index in [2.05, 4.69) is 5.32 Å². The summed E-state index contributed by atoms with van der Waals surface area (Å²) in [5.41, 5.74) is 1.08. The van der Waals surface area contributed by atoms with Gasteiger partial charge in [-0.05, 0) is 30.4 Å². The lowest BCUT2D eigenvalue weighted by Crippen LogP contribution is -2.49. The first-order valence-electron chi connectivity index (χ1n) is 7.50. The number of hydrogen-bond acceptors (Lipinski definition) is 4. The number of carboxylic acid groups (broad SMARTS) is 1. The summed E-state index contributed by atoms with van der Waals surface area (Å²) in [4.78, 5) is 24.9. The molecule has 0 saturated heterocycles. The second-order valence-corrected chi connectivity index (χ2v) is 6.05. The highest BCUT2D eigenvalue weighted by Crippen LogP contribution is 2.04. The summed E-state index contributed by atoms with van der Waals surface area (Å²) in [6.45, 7) is 0.434. The number of carbonyl (C=O) groups excluding carboxylic acids is 1. The molecule has 3 N–H and O–H groups in total. The van der Waals surface area contributed by atoms with Gasteiger partial charge in [0.2, 0.25) is 0 Å². The zero-order valence-corrected chi connectivity index (χ0v) is 14.1. The molecule has 6 nitrogen and oxygen atoms in total. The van der Waals surface area contributed by atoms with E-state index in [-0.39, 0.29) is 13.2 Å². The van der Waals surface area contributed by atoms with E-state index in [1.165, 1.54) is 16.7 Å². The second-order valence-electron chi connectivity index (χ2n) is 5.07. The Balaban J connectivity index is 2.60. The zero-order valence-electron chi connectivity index (χ0n) is 13.3. The maximum Gasteiger partial charge on any atom is 0.326 e. The van der Waals surface area contributed by atoms with Crippen molar-refractivity contribution in [1.82, 2.24) is 10.2 Å². The van der Waals surface area contributed by atoms with Crippen LogP contribution in [0.5, 0.6) is 0 Å². The summed E-state index contributed by atoms with van der Waals surface area (Å²) in [5.74, 6) is -0.388. The van der Waals surface area contributed by atoms with Crippen LogP contribution in [0.1, 0.15) is 12.0 Å². The molecule has 0 heterocycles. The molecule has 0 saturated carbocycles. The largest absolute Gasteiger partial charge is 0.480 e. The van der Waals surface area contributed by atoms with Gasteiger partial charge in [-0.3, -0.25) is 0 Å². The first kappa shape index (κ1) is 19.3. The number of aliphatic hydroxyl groups is 1. The van der Waals surface area contributed by atoms with Crippen LogP contribution in [0.25, 0.3) is 0 Å². The molecule has 0 spiro atoms. The van der Waals surface area contributed by atoms with Crippen LogP contribution >= 0.6 is 11.8 Å². The number of thioether (sulfide) groups is 1. The molecule has 1 aromatic rings. The molecule has 1 aromatic carbocycles. The van der Waals surface area contributed by atoms with Crippen LogP contribution in [0.2, 0.25) is 0 Å². The Morgan fingerprint density at radius 1 is 1.26 bits per heavy atom. The number of aliphatic hydroxyl groups excluding tert-OH is 1. The van der Waals surface area contributed by atoms with Crippen molar-refractivity contribution in [2.45, 2.75) is 18.9 Å². The number of nitrogens with one attached hydrogen (secondary N) is 1. The standard InChI is InChI=1S/C16H24N2O4S/c1-23-12-8-14(15(20)21)17-16(22)18(10-11-19)9-7-13-5-3-2-4-6-13/h2-6,14,19H,7-12H2,1H3,(H,17,22)(H,20,21). The van der Waals surface area contributed by atoms with Crippen molar-refractivity contribution in [3.05, 3.63) is 35.9 Å². The minimum absolute atomic E-state index is 0.162. The van der Waals surface area contributed by atoms with Gasteiger partial charge in [-0.2, -0.15) is 11.8 Å². The third-order valence-electron chi connectivity index (χ3n) is 3.38. The monoisotopic (exact) mass is 340 g/mol. The van der Waals surface area contributed by atoms with E-state index in [9.17, 15) is 14.7 Å². The van der Waals surface area contributed by atoms with Gasteiger partial charge in [0.1, 0.15) is 6.04 Å². The van der Waals surface area contributed by atoms with E-state index in [4.69, 9.17) is 5.11 Å². The van der Waals surface area contributed by atoms with Gasteiger partial charge < -0.3 is 20.4 Å². The van der Waals surface area contributed by atoms with Gasteiger partial charge in [-0.15, -0.1) is 0 Å². The smallest absolute Gasteiger partial charge is 0.326 e. The highest BCUT2D eigenvalue weighted by atomic mass is 32.2. The average molecular weight is 340 g/mol. The van der Waals surface area contributed by atoms with E-state index in [0.29, 0.717) is 25.1 Å². The van der Waals surface area contributed by atoms with E-state index in [1.807, 2.05) is 36.6 Å². The molecule has 0 aromatic heterocycles. The van der Waals surface area contributed by atoms with E-state index < -0.39 is 18.0 Å². The molecule has 0 aliphatic rings. The van der Waals surface area contributed by atoms with Crippen LogP contribution in [0, 0.1) is 0 Å². The molecule has 1 atom stereocenters. The number of rotatable bonds is 10. The van der Waals surface area contributed by atoms with Crippen LogP contribution in [0.3, 0.4) is 0 Å². The minimum atomic E-state index is -1.04. The third kappa shape index (κ3) is 7.38. The summed E-state index contributed by atoms with van der Waals surface area (Å²) in [7, 11) is 0. The van der Waals surface area contributed by atoms with Gasteiger partial charge in [0.05, 0.1) is 6.61 Å². The van der Waals surface area contributed by atoms with E-state index in [1.54, 1.807) is 0 Å². The average Bonchev–Trinajstić information content (AvgIpc) is 2.55. The number of carbonyl (C=O) groups is 2. The molecule has 23 heavy (non-hydrogen) atoms. The SMILES string of the molecule is CSCCC(NC(=O)N(CCO)CCc1ccccc1)C(=O)O. The number of urea groups is 1. The Morgan fingerprint density at radius 3 is 2.52 bits per heavy atom. The predicted octanol–water partition coefficient (Wildman–Crippen LogP) is 1.44. The van der Waals surface area contributed by atoms with Crippen LogP contribution in [0.4, 0.5) is 4.79 Å². The lowest BCUT2D eigenvalue weighted by Gasteiger charge is -2.24. The maximum absolute atomic E-state index is 12.3. The van der Waals surface area contributed by atoms with Gasteiger partial charge in [0.15, 0.2) is 0 Å². The number of nitrogens with zero attached hydrogens (tertiary/aromatic N) is 1.